The summed E-state index contributed by atoms with van der Waals surface area (Å²) in [5.41, 5.74) is 2.16. The van der Waals surface area contributed by atoms with Gasteiger partial charge in [0.1, 0.15) is 0 Å². The number of anilines is 1. The first kappa shape index (κ1) is 23.0. The lowest BCUT2D eigenvalue weighted by Crippen LogP contribution is -2.25. The van der Waals surface area contributed by atoms with Crippen LogP contribution in [0.5, 0.6) is 0 Å². The van der Waals surface area contributed by atoms with Crippen LogP contribution in [0.1, 0.15) is 39.0 Å². The fourth-order valence-electron chi connectivity index (χ4n) is 2.98. The van der Waals surface area contributed by atoms with Crippen molar-refractivity contribution in [1.29, 1.82) is 0 Å². The van der Waals surface area contributed by atoms with Crippen LogP contribution in [0.25, 0.3) is 0 Å². The Morgan fingerprint density at radius 2 is 1.78 bits per heavy atom. The van der Waals surface area contributed by atoms with Gasteiger partial charge in [-0.15, -0.1) is 10.2 Å². The fourth-order valence-corrected chi connectivity index (χ4v) is 3.80. The number of hydrogen-bond acceptors (Lipinski definition) is 6. The molecule has 0 aliphatic carbocycles. The number of thioether (sulfide) groups is 1. The molecule has 2 aromatic carbocycles. The summed E-state index contributed by atoms with van der Waals surface area (Å²) in [5.74, 6) is -0.756. The lowest BCUT2D eigenvalue weighted by molar-refractivity contribution is -0.113. The van der Waals surface area contributed by atoms with Crippen LogP contribution in [-0.4, -0.2) is 43.4 Å². The number of carboxylic acid groups (broad SMARTS) is 1. The average molecular weight is 454 g/mol. The molecule has 0 aliphatic rings. The molecule has 3 N–H and O–H groups in total. The Bertz CT molecular complexity index is 1130. The Balaban J connectivity index is 1.56. The quantitative estimate of drug-likeness (QED) is 0.425. The largest absolute Gasteiger partial charge is 0.478 e. The molecule has 1 heterocycles. The second kappa shape index (κ2) is 10.6. The molecular weight excluding hydrogens is 430 g/mol. The van der Waals surface area contributed by atoms with E-state index in [0.717, 1.165) is 5.56 Å². The molecule has 166 valence electrons. The third-order valence-corrected chi connectivity index (χ3v) is 5.62. The first-order chi connectivity index (χ1) is 15.4. The number of amides is 2. The highest BCUT2D eigenvalue weighted by Crippen LogP contribution is 2.18. The molecule has 0 bridgehead atoms. The third kappa shape index (κ3) is 5.73. The maximum absolute atomic E-state index is 12.4. The van der Waals surface area contributed by atoms with Crippen molar-refractivity contribution in [2.75, 3.05) is 11.1 Å². The zero-order valence-electron chi connectivity index (χ0n) is 17.7. The molecule has 9 nitrogen and oxygen atoms in total. The molecule has 3 aromatic rings. The van der Waals surface area contributed by atoms with Crippen LogP contribution in [0.2, 0.25) is 0 Å². The Morgan fingerprint density at radius 3 is 2.44 bits per heavy atom. The number of aromatic nitrogens is 3. The van der Waals surface area contributed by atoms with Gasteiger partial charge in [-0.05, 0) is 49.7 Å². The van der Waals surface area contributed by atoms with Crippen molar-refractivity contribution in [1.82, 2.24) is 20.1 Å². The molecule has 0 spiro atoms. The zero-order valence-corrected chi connectivity index (χ0v) is 18.5. The van der Waals surface area contributed by atoms with Crippen LogP contribution < -0.4 is 10.6 Å². The molecule has 32 heavy (non-hydrogen) atoms. The topological polar surface area (TPSA) is 126 Å². The van der Waals surface area contributed by atoms with Crippen molar-refractivity contribution in [3.05, 3.63) is 71.0 Å². The van der Waals surface area contributed by atoms with E-state index >= 15 is 0 Å². The molecule has 0 saturated carbocycles. The summed E-state index contributed by atoms with van der Waals surface area (Å²) < 4.78 is 1.84. The van der Waals surface area contributed by atoms with E-state index in [4.69, 9.17) is 5.11 Å². The molecule has 0 radical (unpaired) electrons. The van der Waals surface area contributed by atoms with Crippen LogP contribution in [0.3, 0.4) is 0 Å². The number of carbonyl (C=O) groups excluding carboxylic acids is 2. The van der Waals surface area contributed by atoms with E-state index in [0.29, 0.717) is 28.8 Å². The number of aryl methyl sites for hydroxylation is 1. The molecule has 3 rings (SSSR count). The van der Waals surface area contributed by atoms with Gasteiger partial charge < -0.3 is 20.3 Å². The predicted octanol–water partition coefficient (Wildman–Crippen LogP) is 2.97. The van der Waals surface area contributed by atoms with E-state index in [1.165, 1.54) is 36.0 Å². The normalized spacial score (nSPS) is 10.6. The van der Waals surface area contributed by atoms with Crippen LogP contribution in [0, 0.1) is 6.92 Å². The number of nitrogens with zero attached hydrogens (tertiary/aromatic N) is 3. The van der Waals surface area contributed by atoms with E-state index in [-0.39, 0.29) is 29.7 Å². The number of aromatic carboxylic acids is 1. The maximum Gasteiger partial charge on any atom is 0.335 e. The van der Waals surface area contributed by atoms with Gasteiger partial charge in [0.15, 0.2) is 11.0 Å². The summed E-state index contributed by atoms with van der Waals surface area (Å²) >= 11 is 1.23. The molecule has 2 amide bonds. The minimum atomic E-state index is -1.02. The maximum atomic E-state index is 12.4. The van der Waals surface area contributed by atoms with E-state index in [1.54, 1.807) is 6.07 Å². The molecule has 0 fully saturated rings. The number of benzene rings is 2. The van der Waals surface area contributed by atoms with Crippen LogP contribution in [-0.2, 0) is 17.9 Å². The second-order valence-electron chi connectivity index (χ2n) is 6.86. The Hall–Kier alpha value is -3.66. The molecule has 0 aliphatic heterocycles. The minimum Gasteiger partial charge on any atom is -0.478 e. The summed E-state index contributed by atoms with van der Waals surface area (Å²) in [6.07, 6.45) is 0. The second-order valence-corrected chi connectivity index (χ2v) is 7.80. The molecule has 0 unspecified atom stereocenters. The Kier molecular flexibility index (Phi) is 7.61. The lowest BCUT2D eigenvalue weighted by atomic mass is 10.1. The van der Waals surface area contributed by atoms with E-state index in [2.05, 4.69) is 20.8 Å². The van der Waals surface area contributed by atoms with Crippen molar-refractivity contribution in [2.45, 2.75) is 32.1 Å². The fraction of sp³-hybridized carbons (Fsp3) is 0.227. The van der Waals surface area contributed by atoms with Gasteiger partial charge in [-0.25, -0.2) is 4.79 Å². The van der Waals surface area contributed by atoms with Gasteiger partial charge in [0.25, 0.3) is 5.91 Å². The summed E-state index contributed by atoms with van der Waals surface area (Å²) in [4.78, 5) is 35.6. The number of carboxylic acids is 1. The summed E-state index contributed by atoms with van der Waals surface area (Å²) in [6.45, 7) is 4.62. The predicted molar refractivity (Wildman–Crippen MR) is 121 cm³/mol. The highest BCUT2D eigenvalue weighted by Gasteiger charge is 2.15. The monoisotopic (exact) mass is 453 g/mol. The molecule has 0 saturated heterocycles. The van der Waals surface area contributed by atoms with Crippen molar-refractivity contribution < 1.29 is 19.5 Å². The van der Waals surface area contributed by atoms with Crippen LogP contribution in [0.4, 0.5) is 5.69 Å². The first-order valence-electron chi connectivity index (χ1n) is 9.91. The SMILES string of the molecule is CCn1c(CNC(=O)c2ccccc2C)nnc1SCC(=O)Nc1ccc(C(=O)O)cc1. The van der Waals surface area contributed by atoms with Gasteiger partial charge >= 0.3 is 5.97 Å². The molecule has 0 atom stereocenters. The van der Waals surface area contributed by atoms with Gasteiger partial charge in [-0.1, -0.05) is 30.0 Å². The minimum absolute atomic E-state index is 0.106. The third-order valence-electron chi connectivity index (χ3n) is 4.65. The average Bonchev–Trinajstić information content (AvgIpc) is 3.18. The number of rotatable bonds is 9. The smallest absolute Gasteiger partial charge is 0.335 e. The molecule has 1 aromatic heterocycles. The van der Waals surface area contributed by atoms with E-state index in [1.807, 2.05) is 36.6 Å². The Morgan fingerprint density at radius 1 is 1.06 bits per heavy atom. The van der Waals surface area contributed by atoms with Crippen molar-refractivity contribution >= 4 is 35.2 Å². The summed E-state index contributed by atoms with van der Waals surface area (Å²) in [5, 5.41) is 23.4. The van der Waals surface area contributed by atoms with Crippen molar-refractivity contribution in [2.24, 2.45) is 0 Å². The van der Waals surface area contributed by atoms with Gasteiger partial charge in [0, 0.05) is 17.8 Å². The highest BCUT2D eigenvalue weighted by molar-refractivity contribution is 7.99. The summed E-state index contributed by atoms with van der Waals surface area (Å²) in [7, 11) is 0. The van der Waals surface area contributed by atoms with E-state index in [9.17, 15) is 14.4 Å². The zero-order chi connectivity index (χ0) is 23.1. The van der Waals surface area contributed by atoms with E-state index < -0.39 is 5.97 Å². The van der Waals surface area contributed by atoms with Crippen LogP contribution >= 0.6 is 11.8 Å². The van der Waals surface area contributed by atoms with Gasteiger partial charge in [0.05, 0.1) is 17.9 Å². The highest BCUT2D eigenvalue weighted by atomic mass is 32.2. The van der Waals surface area contributed by atoms with Gasteiger partial charge in [-0.3, -0.25) is 9.59 Å². The van der Waals surface area contributed by atoms with Gasteiger partial charge in [0.2, 0.25) is 5.91 Å². The number of carbonyl (C=O) groups is 3. The van der Waals surface area contributed by atoms with Crippen molar-refractivity contribution in [3.63, 3.8) is 0 Å². The van der Waals surface area contributed by atoms with Gasteiger partial charge in [-0.2, -0.15) is 0 Å². The standard InChI is InChI=1S/C22H23N5O4S/c1-3-27-18(12-23-20(29)17-7-5-4-6-14(17)2)25-26-22(27)32-13-19(28)24-16-10-8-15(9-11-16)21(30)31/h4-11H,3,12-13H2,1-2H3,(H,23,29)(H,24,28)(H,30,31). The van der Waals surface area contributed by atoms with Crippen molar-refractivity contribution in [3.8, 4) is 0 Å². The Labute approximate surface area is 189 Å². The number of nitrogens with one attached hydrogen (secondary N) is 2. The molecule has 10 heteroatoms. The molecular formula is C22H23N5O4S. The lowest BCUT2D eigenvalue weighted by Gasteiger charge is -2.10. The first-order valence-corrected chi connectivity index (χ1v) is 10.9. The number of hydrogen-bond donors (Lipinski definition) is 3. The summed E-state index contributed by atoms with van der Waals surface area (Å²) in [6, 6.07) is 13.3. The van der Waals surface area contributed by atoms with Crippen LogP contribution in [0.15, 0.2) is 53.7 Å².